The van der Waals surface area contributed by atoms with E-state index in [1.165, 1.54) is 12.1 Å². The second-order valence-electron chi connectivity index (χ2n) is 8.65. The van der Waals surface area contributed by atoms with Crippen molar-refractivity contribution in [3.63, 3.8) is 0 Å². The third-order valence-electron chi connectivity index (χ3n) is 5.69. The van der Waals surface area contributed by atoms with E-state index in [1.807, 2.05) is 6.26 Å². The molecule has 38 heavy (non-hydrogen) atoms. The Morgan fingerprint density at radius 2 is 1.37 bits per heavy atom. The molecular formula is C26H34N4O6S2. The van der Waals surface area contributed by atoms with Crippen molar-refractivity contribution in [2.75, 3.05) is 17.8 Å². The lowest BCUT2D eigenvalue weighted by Crippen LogP contribution is -2.58. The minimum Gasteiger partial charge on any atom is -0.508 e. The first-order chi connectivity index (χ1) is 18.1. The molecule has 2 aromatic rings. The van der Waals surface area contributed by atoms with Gasteiger partial charge in [0.05, 0.1) is 6.04 Å². The molecule has 10 nitrogen and oxygen atoms in total. The standard InChI is InChI=1S/C26H34N4O6S2/c1-38-12-11-19(27)23(32)28-20(13-17-7-9-18(31)10-8-17)24(33)30-22(15-37)25(34)29-21(26(35)36)14-16-5-3-2-4-6-16/h2-10,19-22,31,37H,11-15,27H2,1H3,(H,28,32)(H,29,34)(H,30,33)(H,35,36). The number of aliphatic carboxylic acids is 1. The van der Waals surface area contributed by atoms with Crippen LogP contribution in [0.5, 0.6) is 5.75 Å². The number of rotatable bonds is 15. The monoisotopic (exact) mass is 562 g/mol. The number of aromatic hydroxyl groups is 1. The molecule has 0 fully saturated rings. The highest BCUT2D eigenvalue weighted by atomic mass is 32.2. The first-order valence-electron chi connectivity index (χ1n) is 12.0. The van der Waals surface area contributed by atoms with Gasteiger partial charge in [-0.3, -0.25) is 14.4 Å². The van der Waals surface area contributed by atoms with E-state index in [-0.39, 0.29) is 24.3 Å². The number of carboxylic acid groups (broad SMARTS) is 1. The van der Waals surface area contributed by atoms with Gasteiger partial charge in [-0.05, 0) is 41.7 Å². The number of carbonyl (C=O) groups is 4. The summed E-state index contributed by atoms with van der Waals surface area (Å²) in [5.41, 5.74) is 7.34. The van der Waals surface area contributed by atoms with E-state index in [4.69, 9.17) is 5.73 Å². The molecule has 0 aromatic heterocycles. The van der Waals surface area contributed by atoms with Gasteiger partial charge in [-0.1, -0.05) is 42.5 Å². The molecule has 0 spiro atoms. The molecular weight excluding hydrogens is 528 g/mol. The summed E-state index contributed by atoms with van der Waals surface area (Å²) in [4.78, 5) is 50.6. The first-order valence-corrected chi connectivity index (χ1v) is 14.0. The first kappa shape index (κ1) is 31.0. The van der Waals surface area contributed by atoms with Gasteiger partial charge in [-0.15, -0.1) is 0 Å². The van der Waals surface area contributed by atoms with Crippen molar-refractivity contribution in [3.8, 4) is 5.75 Å². The van der Waals surface area contributed by atoms with Crippen LogP contribution in [0.4, 0.5) is 0 Å². The van der Waals surface area contributed by atoms with Crippen LogP contribution in [0.2, 0.25) is 0 Å². The molecule has 0 aliphatic carbocycles. The third-order valence-corrected chi connectivity index (χ3v) is 6.70. The number of carbonyl (C=O) groups excluding carboxylic acids is 3. The Hall–Kier alpha value is -3.22. The molecule has 0 aliphatic rings. The van der Waals surface area contributed by atoms with Crippen molar-refractivity contribution in [2.45, 2.75) is 43.4 Å². The Balaban J connectivity index is 2.13. The van der Waals surface area contributed by atoms with Crippen LogP contribution in [0, 0.1) is 0 Å². The van der Waals surface area contributed by atoms with Crippen LogP contribution in [0.3, 0.4) is 0 Å². The molecule has 0 saturated carbocycles. The number of phenols is 1. The minimum absolute atomic E-state index is 0.0492. The van der Waals surface area contributed by atoms with Crippen LogP contribution in [0.25, 0.3) is 0 Å². The van der Waals surface area contributed by atoms with E-state index in [0.29, 0.717) is 17.7 Å². The van der Waals surface area contributed by atoms with Gasteiger partial charge in [0.1, 0.15) is 23.9 Å². The average Bonchev–Trinajstić information content (AvgIpc) is 2.90. The van der Waals surface area contributed by atoms with Crippen LogP contribution in [-0.4, -0.2) is 75.8 Å². The zero-order valence-electron chi connectivity index (χ0n) is 21.0. The molecule has 3 amide bonds. The van der Waals surface area contributed by atoms with Gasteiger partial charge in [0.15, 0.2) is 0 Å². The molecule has 0 radical (unpaired) electrons. The largest absolute Gasteiger partial charge is 0.508 e. The SMILES string of the molecule is CSCCC(N)C(=O)NC(Cc1ccc(O)cc1)C(=O)NC(CS)C(=O)NC(Cc1ccccc1)C(=O)O. The zero-order valence-corrected chi connectivity index (χ0v) is 22.7. The van der Waals surface area contributed by atoms with Crippen LogP contribution in [0.1, 0.15) is 17.5 Å². The lowest BCUT2D eigenvalue weighted by atomic mass is 10.0. The summed E-state index contributed by atoms with van der Waals surface area (Å²) in [6.07, 6.45) is 2.44. The van der Waals surface area contributed by atoms with Crippen LogP contribution >= 0.6 is 24.4 Å². The van der Waals surface area contributed by atoms with E-state index >= 15 is 0 Å². The van der Waals surface area contributed by atoms with Gasteiger partial charge in [0, 0.05) is 18.6 Å². The number of benzene rings is 2. The average molecular weight is 563 g/mol. The Morgan fingerprint density at radius 3 is 1.95 bits per heavy atom. The highest BCUT2D eigenvalue weighted by molar-refractivity contribution is 7.98. The maximum absolute atomic E-state index is 13.2. The maximum Gasteiger partial charge on any atom is 0.326 e. The summed E-state index contributed by atoms with van der Waals surface area (Å²) in [7, 11) is 0. The number of nitrogens with one attached hydrogen (secondary N) is 3. The second-order valence-corrected chi connectivity index (χ2v) is 10.0. The smallest absolute Gasteiger partial charge is 0.326 e. The molecule has 2 rings (SSSR count). The highest BCUT2D eigenvalue weighted by Crippen LogP contribution is 2.12. The normalized spacial score (nSPS) is 14.0. The van der Waals surface area contributed by atoms with E-state index in [1.54, 1.807) is 54.2 Å². The summed E-state index contributed by atoms with van der Waals surface area (Å²) < 4.78 is 0. The summed E-state index contributed by atoms with van der Waals surface area (Å²) >= 11 is 5.70. The number of thioether (sulfide) groups is 1. The molecule has 2 aromatic carbocycles. The number of thiol groups is 1. The van der Waals surface area contributed by atoms with Crippen LogP contribution in [0.15, 0.2) is 54.6 Å². The number of carboxylic acids is 1. The Bertz CT molecular complexity index is 1070. The van der Waals surface area contributed by atoms with Crippen molar-refractivity contribution in [1.82, 2.24) is 16.0 Å². The number of nitrogens with two attached hydrogens (primary N) is 1. The summed E-state index contributed by atoms with van der Waals surface area (Å²) in [5, 5.41) is 26.8. The van der Waals surface area contributed by atoms with Gasteiger partial charge in [-0.2, -0.15) is 24.4 Å². The van der Waals surface area contributed by atoms with Gasteiger partial charge in [0.2, 0.25) is 17.7 Å². The fourth-order valence-corrected chi connectivity index (χ4v) is 4.27. The lowest BCUT2D eigenvalue weighted by Gasteiger charge is -2.24. The molecule has 12 heteroatoms. The van der Waals surface area contributed by atoms with Crippen molar-refractivity contribution >= 4 is 48.1 Å². The summed E-state index contributed by atoms with van der Waals surface area (Å²) in [5.74, 6) is -2.51. The number of hydrogen-bond acceptors (Lipinski definition) is 8. The molecule has 4 atom stereocenters. The fourth-order valence-electron chi connectivity index (χ4n) is 3.52. The van der Waals surface area contributed by atoms with Crippen molar-refractivity contribution < 1.29 is 29.4 Å². The van der Waals surface area contributed by atoms with E-state index in [2.05, 4.69) is 28.6 Å². The van der Waals surface area contributed by atoms with Crippen molar-refractivity contribution in [3.05, 3.63) is 65.7 Å². The minimum atomic E-state index is -1.22. The molecule has 0 saturated heterocycles. The molecule has 0 bridgehead atoms. The lowest BCUT2D eigenvalue weighted by molar-refractivity contribution is -0.142. The molecule has 0 heterocycles. The predicted octanol–water partition coefficient (Wildman–Crippen LogP) is 0.727. The molecule has 7 N–H and O–H groups in total. The number of amides is 3. The van der Waals surface area contributed by atoms with Crippen molar-refractivity contribution in [2.24, 2.45) is 5.73 Å². The fraction of sp³-hybridized carbons (Fsp3) is 0.385. The Morgan fingerprint density at radius 1 is 0.842 bits per heavy atom. The molecule has 0 aliphatic heterocycles. The second kappa shape index (κ2) is 15.9. The van der Waals surface area contributed by atoms with E-state index < -0.39 is 47.9 Å². The Labute approximate surface area is 231 Å². The quantitative estimate of drug-likeness (QED) is 0.156. The van der Waals surface area contributed by atoms with E-state index in [9.17, 15) is 29.4 Å². The van der Waals surface area contributed by atoms with Gasteiger partial charge < -0.3 is 31.9 Å². The van der Waals surface area contributed by atoms with E-state index in [0.717, 1.165) is 5.56 Å². The topological polar surface area (TPSA) is 171 Å². The zero-order chi connectivity index (χ0) is 28.1. The Kier molecular flexibility index (Phi) is 13.0. The molecule has 4 unspecified atom stereocenters. The van der Waals surface area contributed by atoms with Gasteiger partial charge >= 0.3 is 5.97 Å². The number of phenolic OH excluding ortho intramolecular Hbond substituents is 1. The highest BCUT2D eigenvalue weighted by Gasteiger charge is 2.30. The van der Waals surface area contributed by atoms with Crippen LogP contribution in [-0.2, 0) is 32.0 Å². The van der Waals surface area contributed by atoms with Gasteiger partial charge in [-0.25, -0.2) is 4.79 Å². The summed E-state index contributed by atoms with van der Waals surface area (Å²) in [6, 6.07) is 10.7. The summed E-state index contributed by atoms with van der Waals surface area (Å²) in [6.45, 7) is 0. The predicted molar refractivity (Wildman–Crippen MR) is 150 cm³/mol. The van der Waals surface area contributed by atoms with Crippen LogP contribution < -0.4 is 21.7 Å². The maximum atomic E-state index is 13.2. The van der Waals surface area contributed by atoms with Crippen molar-refractivity contribution in [1.29, 1.82) is 0 Å². The number of hydrogen-bond donors (Lipinski definition) is 7. The van der Waals surface area contributed by atoms with Gasteiger partial charge in [0.25, 0.3) is 0 Å². The third kappa shape index (κ3) is 10.3. The molecule has 206 valence electrons.